The van der Waals surface area contributed by atoms with Gasteiger partial charge in [0.15, 0.2) is 5.58 Å². The minimum atomic E-state index is -0.462. The lowest BCUT2D eigenvalue weighted by atomic mass is 9.74. The predicted molar refractivity (Wildman–Crippen MR) is 92.0 cm³/mol. The molecule has 132 valence electrons. The van der Waals surface area contributed by atoms with Gasteiger partial charge in [-0.15, -0.1) is 0 Å². The van der Waals surface area contributed by atoms with Gasteiger partial charge in [-0.05, 0) is 25.0 Å². The molecule has 1 aliphatic heterocycles. The molecule has 0 saturated carbocycles. The van der Waals surface area contributed by atoms with Crippen molar-refractivity contribution in [3.8, 4) is 0 Å². The van der Waals surface area contributed by atoms with Crippen molar-refractivity contribution >= 4 is 11.1 Å². The SMILES string of the molecule is CCC[C@@]1(CO)CN(CCn2c(=O)oc3ccccc32)CC[C@H]1O. The molecule has 2 heterocycles. The summed E-state index contributed by atoms with van der Waals surface area (Å²) < 4.78 is 6.92. The van der Waals surface area contributed by atoms with E-state index in [4.69, 9.17) is 4.42 Å². The van der Waals surface area contributed by atoms with Crippen LogP contribution >= 0.6 is 0 Å². The van der Waals surface area contributed by atoms with Gasteiger partial charge in [0.25, 0.3) is 0 Å². The van der Waals surface area contributed by atoms with Crippen molar-refractivity contribution in [2.24, 2.45) is 5.41 Å². The summed E-state index contributed by atoms with van der Waals surface area (Å²) in [5.74, 6) is -0.338. The molecule has 2 N–H and O–H groups in total. The topological polar surface area (TPSA) is 78.8 Å². The van der Waals surface area contributed by atoms with Crippen molar-refractivity contribution in [1.29, 1.82) is 0 Å². The van der Waals surface area contributed by atoms with E-state index in [1.807, 2.05) is 18.2 Å². The number of aliphatic hydroxyl groups excluding tert-OH is 2. The summed E-state index contributed by atoms with van der Waals surface area (Å²) in [6, 6.07) is 7.42. The zero-order valence-electron chi connectivity index (χ0n) is 14.1. The highest BCUT2D eigenvalue weighted by atomic mass is 16.4. The van der Waals surface area contributed by atoms with E-state index in [0.717, 1.165) is 24.9 Å². The Balaban J connectivity index is 1.72. The van der Waals surface area contributed by atoms with Gasteiger partial charge in [0, 0.05) is 31.6 Å². The van der Waals surface area contributed by atoms with E-state index in [1.165, 1.54) is 0 Å². The van der Waals surface area contributed by atoms with Gasteiger partial charge in [-0.1, -0.05) is 25.5 Å². The average molecular weight is 334 g/mol. The van der Waals surface area contributed by atoms with E-state index in [0.29, 0.717) is 31.6 Å². The number of nitrogens with zero attached hydrogens (tertiary/aromatic N) is 2. The Labute approximate surface area is 141 Å². The molecular weight excluding hydrogens is 308 g/mol. The Bertz CT molecular complexity index is 738. The molecule has 0 spiro atoms. The standard InChI is InChI=1S/C18H26N2O4/c1-2-8-18(13-21)12-19(9-7-16(18)22)10-11-20-14-5-3-4-6-15(14)24-17(20)23/h3-6,16,21-22H,2,7-13H2,1H3/t16-,18+/m1/s1. The lowest BCUT2D eigenvalue weighted by Crippen LogP contribution is -2.54. The van der Waals surface area contributed by atoms with Gasteiger partial charge >= 0.3 is 5.76 Å². The molecule has 3 rings (SSSR count). The molecule has 6 nitrogen and oxygen atoms in total. The van der Waals surface area contributed by atoms with Gasteiger partial charge in [-0.2, -0.15) is 0 Å². The van der Waals surface area contributed by atoms with Gasteiger partial charge in [-0.3, -0.25) is 4.57 Å². The number of aromatic nitrogens is 1. The quantitative estimate of drug-likeness (QED) is 0.836. The Hall–Kier alpha value is -1.63. The summed E-state index contributed by atoms with van der Waals surface area (Å²) in [5, 5.41) is 20.2. The molecule has 2 aromatic rings. The molecule has 1 aliphatic rings. The van der Waals surface area contributed by atoms with Crippen LogP contribution in [-0.4, -0.2) is 52.0 Å². The van der Waals surface area contributed by atoms with E-state index in [9.17, 15) is 15.0 Å². The van der Waals surface area contributed by atoms with Crippen LogP contribution in [0.2, 0.25) is 0 Å². The van der Waals surface area contributed by atoms with Crippen molar-refractivity contribution in [2.75, 3.05) is 26.2 Å². The number of aliphatic hydroxyl groups is 2. The number of oxazole rings is 1. The smallest absolute Gasteiger partial charge is 0.408 e. The highest BCUT2D eigenvalue weighted by Gasteiger charge is 2.41. The highest BCUT2D eigenvalue weighted by molar-refractivity contribution is 5.72. The molecule has 1 saturated heterocycles. The first kappa shape index (κ1) is 17.2. The van der Waals surface area contributed by atoms with Gasteiger partial charge in [-0.25, -0.2) is 4.79 Å². The van der Waals surface area contributed by atoms with E-state index < -0.39 is 11.5 Å². The second kappa shape index (κ2) is 7.09. The first-order valence-corrected chi connectivity index (χ1v) is 8.69. The normalized spacial score (nSPS) is 25.4. The number of fused-ring (bicyclic) bond motifs is 1. The number of para-hydroxylation sites is 2. The largest absolute Gasteiger partial charge is 0.419 e. The van der Waals surface area contributed by atoms with Crippen molar-refractivity contribution in [1.82, 2.24) is 9.47 Å². The zero-order valence-corrected chi connectivity index (χ0v) is 14.1. The van der Waals surface area contributed by atoms with Crippen LogP contribution in [0.4, 0.5) is 0 Å². The van der Waals surface area contributed by atoms with E-state index in [2.05, 4.69) is 11.8 Å². The Morgan fingerprint density at radius 1 is 1.33 bits per heavy atom. The molecular formula is C18H26N2O4. The maximum atomic E-state index is 12.0. The van der Waals surface area contributed by atoms with E-state index in [1.54, 1.807) is 10.6 Å². The minimum absolute atomic E-state index is 0.00685. The van der Waals surface area contributed by atoms with Crippen LogP contribution in [-0.2, 0) is 6.54 Å². The first-order chi connectivity index (χ1) is 11.6. The van der Waals surface area contributed by atoms with Crippen LogP contribution in [0.1, 0.15) is 26.2 Å². The zero-order chi connectivity index (χ0) is 17.2. The first-order valence-electron chi connectivity index (χ1n) is 8.69. The third-order valence-corrected chi connectivity index (χ3v) is 5.24. The van der Waals surface area contributed by atoms with Crippen LogP contribution in [0.15, 0.2) is 33.5 Å². The van der Waals surface area contributed by atoms with Crippen LogP contribution in [0.3, 0.4) is 0 Å². The monoisotopic (exact) mass is 334 g/mol. The summed E-state index contributed by atoms with van der Waals surface area (Å²) in [6.07, 6.45) is 1.92. The second-order valence-electron chi connectivity index (χ2n) is 6.84. The van der Waals surface area contributed by atoms with Crippen molar-refractivity contribution in [3.63, 3.8) is 0 Å². The third kappa shape index (κ3) is 3.14. The van der Waals surface area contributed by atoms with Crippen LogP contribution in [0.5, 0.6) is 0 Å². The second-order valence-corrected chi connectivity index (χ2v) is 6.84. The Morgan fingerprint density at radius 2 is 2.12 bits per heavy atom. The van der Waals surface area contributed by atoms with Crippen LogP contribution in [0.25, 0.3) is 11.1 Å². The fourth-order valence-electron chi connectivity index (χ4n) is 3.88. The number of benzene rings is 1. The average Bonchev–Trinajstić information content (AvgIpc) is 2.91. The summed E-state index contributed by atoms with van der Waals surface area (Å²) in [4.78, 5) is 14.3. The molecule has 0 amide bonds. The van der Waals surface area contributed by atoms with Crippen molar-refractivity contribution < 1.29 is 14.6 Å². The maximum absolute atomic E-state index is 12.0. The third-order valence-electron chi connectivity index (χ3n) is 5.24. The molecule has 0 unspecified atom stereocenters. The van der Waals surface area contributed by atoms with Crippen molar-refractivity contribution in [2.45, 2.75) is 38.8 Å². The van der Waals surface area contributed by atoms with E-state index in [-0.39, 0.29) is 12.4 Å². The molecule has 1 aromatic heterocycles. The molecule has 1 aromatic carbocycles. The lowest BCUT2D eigenvalue weighted by Gasteiger charge is -2.45. The number of likely N-dealkylation sites (tertiary alicyclic amines) is 1. The Kier molecular flexibility index (Phi) is 5.08. The fraction of sp³-hybridized carbons (Fsp3) is 0.611. The Morgan fingerprint density at radius 3 is 2.88 bits per heavy atom. The predicted octanol–water partition coefficient (Wildman–Crippen LogP) is 1.44. The molecule has 6 heteroatoms. The lowest BCUT2D eigenvalue weighted by molar-refractivity contribution is -0.0804. The maximum Gasteiger partial charge on any atom is 0.419 e. The van der Waals surface area contributed by atoms with Gasteiger partial charge < -0.3 is 19.5 Å². The minimum Gasteiger partial charge on any atom is -0.408 e. The van der Waals surface area contributed by atoms with Gasteiger partial charge in [0.1, 0.15) is 0 Å². The molecule has 2 atom stereocenters. The van der Waals surface area contributed by atoms with Crippen LogP contribution in [0, 0.1) is 5.41 Å². The number of piperidine rings is 1. The van der Waals surface area contributed by atoms with Gasteiger partial charge in [0.05, 0.1) is 18.2 Å². The molecule has 24 heavy (non-hydrogen) atoms. The molecule has 1 fully saturated rings. The summed E-state index contributed by atoms with van der Waals surface area (Å²) in [5.41, 5.74) is 0.963. The number of hydrogen-bond acceptors (Lipinski definition) is 5. The van der Waals surface area contributed by atoms with E-state index >= 15 is 0 Å². The van der Waals surface area contributed by atoms with Gasteiger partial charge in [0.2, 0.25) is 0 Å². The number of hydrogen-bond donors (Lipinski definition) is 2. The molecule has 0 aliphatic carbocycles. The summed E-state index contributed by atoms with van der Waals surface area (Å²) in [6.45, 7) is 4.73. The molecule has 0 radical (unpaired) electrons. The fourth-order valence-corrected chi connectivity index (χ4v) is 3.88. The van der Waals surface area contributed by atoms with Crippen LogP contribution < -0.4 is 5.76 Å². The van der Waals surface area contributed by atoms with Crippen molar-refractivity contribution in [3.05, 3.63) is 34.8 Å². The summed E-state index contributed by atoms with van der Waals surface area (Å²) >= 11 is 0. The summed E-state index contributed by atoms with van der Waals surface area (Å²) in [7, 11) is 0. The highest BCUT2D eigenvalue weighted by Crippen LogP contribution is 2.34. The molecule has 0 bridgehead atoms. The number of rotatable bonds is 6.